The Balaban J connectivity index is 2.02. The van der Waals surface area contributed by atoms with Crippen molar-refractivity contribution in [3.63, 3.8) is 0 Å². The van der Waals surface area contributed by atoms with E-state index < -0.39 is 10.6 Å². The van der Waals surface area contributed by atoms with E-state index in [-0.39, 0.29) is 12.2 Å². The number of tetrazole rings is 1. The highest BCUT2D eigenvalue weighted by atomic mass is 16.6. The first-order valence-corrected chi connectivity index (χ1v) is 7.41. The summed E-state index contributed by atoms with van der Waals surface area (Å²) >= 11 is 0. The first-order chi connectivity index (χ1) is 12.0. The third kappa shape index (κ3) is 3.11. The number of methoxy groups -OCH3 is 1. The van der Waals surface area contributed by atoms with Crippen molar-refractivity contribution < 1.29 is 9.66 Å². The van der Waals surface area contributed by atoms with Crippen LogP contribution in [-0.4, -0.2) is 31.8 Å². The SMILES string of the molecule is COc1ccccc1-n1c(=O)nnn1Cc1ccc([N+](=O)[O-])c(C)c1. The quantitative estimate of drug-likeness (QED) is 0.517. The molecule has 0 saturated carbocycles. The number of nitro benzene ring substituents is 1. The fourth-order valence-electron chi connectivity index (χ4n) is 2.59. The summed E-state index contributed by atoms with van der Waals surface area (Å²) in [5.74, 6) is 0.507. The number of hydrogen-bond acceptors (Lipinski definition) is 6. The van der Waals surface area contributed by atoms with Crippen molar-refractivity contribution in [1.82, 2.24) is 19.8 Å². The molecule has 0 aliphatic heterocycles. The summed E-state index contributed by atoms with van der Waals surface area (Å²) in [6.45, 7) is 1.89. The fraction of sp³-hybridized carbons (Fsp3) is 0.188. The molecular formula is C16H15N5O4. The molecule has 0 bridgehead atoms. The van der Waals surface area contributed by atoms with Gasteiger partial charge in [0.05, 0.1) is 18.6 Å². The molecule has 128 valence electrons. The third-order valence-corrected chi connectivity index (χ3v) is 3.74. The van der Waals surface area contributed by atoms with E-state index in [4.69, 9.17) is 4.74 Å². The predicted octanol–water partition coefficient (Wildman–Crippen LogP) is 1.70. The van der Waals surface area contributed by atoms with Gasteiger partial charge in [0, 0.05) is 11.6 Å². The second-order valence-corrected chi connectivity index (χ2v) is 5.36. The highest BCUT2D eigenvalue weighted by Crippen LogP contribution is 2.22. The van der Waals surface area contributed by atoms with Gasteiger partial charge in [-0.3, -0.25) is 10.1 Å². The number of rotatable bonds is 5. The summed E-state index contributed by atoms with van der Waals surface area (Å²) in [5, 5.41) is 18.4. The number of benzene rings is 2. The van der Waals surface area contributed by atoms with Crippen LogP contribution in [0.15, 0.2) is 47.3 Å². The molecule has 3 rings (SSSR count). The molecule has 1 aromatic heterocycles. The third-order valence-electron chi connectivity index (χ3n) is 3.74. The number of nitro groups is 1. The number of aromatic nitrogens is 4. The van der Waals surface area contributed by atoms with Crippen molar-refractivity contribution in [2.24, 2.45) is 0 Å². The molecular weight excluding hydrogens is 326 g/mol. The van der Waals surface area contributed by atoms with Crippen molar-refractivity contribution in [1.29, 1.82) is 0 Å². The number of ether oxygens (including phenoxy) is 1. The first-order valence-electron chi connectivity index (χ1n) is 7.41. The average molecular weight is 341 g/mol. The molecule has 0 spiro atoms. The van der Waals surface area contributed by atoms with Crippen molar-refractivity contribution in [2.75, 3.05) is 7.11 Å². The Morgan fingerprint density at radius 3 is 2.68 bits per heavy atom. The topological polar surface area (TPSA) is 105 Å². The van der Waals surface area contributed by atoms with E-state index in [0.717, 1.165) is 5.56 Å². The van der Waals surface area contributed by atoms with Crippen LogP contribution in [0.4, 0.5) is 5.69 Å². The van der Waals surface area contributed by atoms with Crippen LogP contribution in [0.1, 0.15) is 11.1 Å². The normalized spacial score (nSPS) is 10.6. The molecule has 0 fully saturated rings. The van der Waals surface area contributed by atoms with Crippen LogP contribution in [0.25, 0.3) is 5.69 Å². The van der Waals surface area contributed by atoms with Gasteiger partial charge in [-0.05, 0) is 35.9 Å². The molecule has 0 aliphatic carbocycles. The maximum Gasteiger partial charge on any atom is 0.388 e. The Bertz CT molecular complexity index is 992. The lowest BCUT2D eigenvalue weighted by atomic mass is 10.1. The summed E-state index contributed by atoms with van der Waals surface area (Å²) < 4.78 is 6.59. The van der Waals surface area contributed by atoms with Crippen LogP contribution in [0.5, 0.6) is 5.75 Å². The molecule has 25 heavy (non-hydrogen) atoms. The summed E-state index contributed by atoms with van der Waals surface area (Å²) in [7, 11) is 1.51. The van der Waals surface area contributed by atoms with Crippen molar-refractivity contribution in [3.05, 3.63) is 74.2 Å². The molecule has 9 heteroatoms. The molecule has 0 unspecified atom stereocenters. The van der Waals surface area contributed by atoms with Gasteiger partial charge >= 0.3 is 5.69 Å². The smallest absolute Gasteiger partial charge is 0.388 e. The van der Waals surface area contributed by atoms with Gasteiger partial charge in [-0.25, -0.2) is 4.79 Å². The molecule has 0 N–H and O–H groups in total. The van der Waals surface area contributed by atoms with Gasteiger partial charge < -0.3 is 4.74 Å². The van der Waals surface area contributed by atoms with E-state index in [1.54, 1.807) is 43.3 Å². The Hall–Kier alpha value is -3.49. The van der Waals surface area contributed by atoms with E-state index in [0.29, 0.717) is 17.0 Å². The van der Waals surface area contributed by atoms with Crippen LogP contribution < -0.4 is 10.4 Å². The van der Waals surface area contributed by atoms with Gasteiger partial charge in [0.2, 0.25) is 0 Å². The summed E-state index contributed by atoms with van der Waals surface area (Å²) in [5.41, 5.74) is 1.32. The zero-order valence-electron chi connectivity index (χ0n) is 13.6. The molecule has 9 nitrogen and oxygen atoms in total. The summed E-state index contributed by atoms with van der Waals surface area (Å²) in [6, 6.07) is 11.8. The molecule has 0 aliphatic rings. The second kappa shape index (κ2) is 6.56. The molecule has 3 aromatic rings. The number of hydrogen-bond donors (Lipinski definition) is 0. The van der Waals surface area contributed by atoms with Crippen molar-refractivity contribution >= 4 is 5.69 Å². The Morgan fingerprint density at radius 2 is 2.00 bits per heavy atom. The second-order valence-electron chi connectivity index (χ2n) is 5.36. The lowest BCUT2D eigenvalue weighted by Crippen LogP contribution is -2.23. The van der Waals surface area contributed by atoms with E-state index in [1.165, 1.54) is 22.7 Å². The predicted molar refractivity (Wildman–Crippen MR) is 89.1 cm³/mol. The molecule has 1 heterocycles. The zero-order valence-corrected chi connectivity index (χ0v) is 13.6. The summed E-state index contributed by atoms with van der Waals surface area (Å²) in [6.07, 6.45) is 0. The van der Waals surface area contributed by atoms with Crippen molar-refractivity contribution in [2.45, 2.75) is 13.5 Å². The monoisotopic (exact) mass is 341 g/mol. The van der Waals surface area contributed by atoms with Crippen LogP contribution in [0.2, 0.25) is 0 Å². The minimum absolute atomic E-state index is 0.0458. The van der Waals surface area contributed by atoms with E-state index in [1.807, 2.05) is 0 Å². The molecule has 2 aromatic carbocycles. The first kappa shape index (κ1) is 16.4. The number of para-hydroxylation sites is 2. The Morgan fingerprint density at radius 1 is 1.24 bits per heavy atom. The van der Waals surface area contributed by atoms with Crippen molar-refractivity contribution in [3.8, 4) is 11.4 Å². The summed E-state index contributed by atoms with van der Waals surface area (Å²) in [4.78, 5) is 24.0. The fourth-order valence-corrected chi connectivity index (χ4v) is 2.59. The van der Waals surface area contributed by atoms with Gasteiger partial charge in [0.1, 0.15) is 11.4 Å². The van der Waals surface area contributed by atoms with E-state index >= 15 is 0 Å². The minimum Gasteiger partial charge on any atom is -0.494 e. The maximum atomic E-state index is 12.1. The van der Waals surface area contributed by atoms with Gasteiger partial charge in [-0.15, -0.1) is 0 Å². The zero-order chi connectivity index (χ0) is 18.0. The van der Waals surface area contributed by atoms with Gasteiger partial charge in [0.25, 0.3) is 5.69 Å². The standard InChI is InChI=1S/C16H15N5O4/c1-11-9-12(7-8-13(11)21(23)24)10-19-18-17-16(22)20(19)14-5-3-4-6-15(14)25-2/h3-9H,10H2,1-2H3. The average Bonchev–Trinajstić information content (AvgIpc) is 2.94. The van der Waals surface area contributed by atoms with Crippen LogP contribution in [0, 0.1) is 17.0 Å². The van der Waals surface area contributed by atoms with E-state index in [2.05, 4.69) is 10.3 Å². The van der Waals surface area contributed by atoms with Gasteiger partial charge in [-0.2, -0.15) is 9.48 Å². The van der Waals surface area contributed by atoms with Gasteiger partial charge in [0.15, 0.2) is 0 Å². The van der Waals surface area contributed by atoms with Crippen LogP contribution >= 0.6 is 0 Å². The van der Waals surface area contributed by atoms with Crippen LogP contribution in [-0.2, 0) is 6.54 Å². The Kier molecular flexibility index (Phi) is 4.29. The lowest BCUT2D eigenvalue weighted by Gasteiger charge is -2.12. The maximum absolute atomic E-state index is 12.1. The molecule has 0 saturated heterocycles. The molecule has 0 atom stereocenters. The largest absolute Gasteiger partial charge is 0.494 e. The lowest BCUT2D eigenvalue weighted by molar-refractivity contribution is -0.385. The van der Waals surface area contributed by atoms with E-state index in [9.17, 15) is 14.9 Å². The van der Waals surface area contributed by atoms with Gasteiger partial charge in [-0.1, -0.05) is 23.3 Å². The highest BCUT2D eigenvalue weighted by Gasteiger charge is 2.15. The highest BCUT2D eigenvalue weighted by molar-refractivity contribution is 5.45. The Labute approximate surface area is 142 Å². The molecule has 0 amide bonds. The number of aryl methyl sites for hydroxylation is 1. The van der Waals surface area contributed by atoms with Crippen LogP contribution in [0.3, 0.4) is 0 Å². The molecule has 0 radical (unpaired) electrons. The minimum atomic E-state index is -0.539. The number of nitrogens with zero attached hydrogens (tertiary/aromatic N) is 5.